The molecule has 0 heterocycles. The van der Waals surface area contributed by atoms with Crippen LogP contribution in [-0.2, 0) is 0 Å². The molecule has 18 heavy (non-hydrogen) atoms. The van der Waals surface area contributed by atoms with Gasteiger partial charge in [-0.3, -0.25) is 9.44 Å². The Morgan fingerprint density at radius 2 is 1.11 bits per heavy atom. The molecule has 3 nitrogen and oxygen atoms in total. The highest BCUT2D eigenvalue weighted by Gasteiger charge is 2.01. The van der Waals surface area contributed by atoms with Gasteiger partial charge in [0.05, 0.1) is 0 Å². The Morgan fingerprint density at radius 1 is 0.722 bits per heavy atom. The minimum Gasteiger partial charge on any atom is -0.277 e. The molecule has 0 aliphatic heterocycles. The van der Waals surface area contributed by atoms with Crippen molar-refractivity contribution in [3.63, 3.8) is 0 Å². The molecule has 2 aromatic carbocycles. The number of carbonyl (C=O) groups excluding carboxylic acids is 1. The zero-order valence-electron chi connectivity index (χ0n) is 9.50. The summed E-state index contributed by atoms with van der Waals surface area (Å²) in [4.78, 5) is 13.5. The topological polar surface area (TPSA) is 41.1 Å². The molecule has 0 fully saturated rings. The molecule has 0 radical (unpaired) electrons. The molecule has 0 saturated heterocycles. The highest BCUT2D eigenvalue weighted by atomic mass is 32.2. The van der Waals surface area contributed by atoms with Crippen molar-refractivity contribution in [2.24, 2.45) is 0 Å². The minimum absolute atomic E-state index is 0.224. The molecule has 0 saturated carbocycles. The quantitative estimate of drug-likeness (QED) is 0.837. The van der Waals surface area contributed by atoms with Gasteiger partial charge in [0.1, 0.15) is 0 Å². The lowest BCUT2D eigenvalue weighted by Crippen LogP contribution is -2.25. The molecule has 92 valence electrons. The van der Waals surface area contributed by atoms with E-state index >= 15 is 0 Å². The number of hydrogen-bond donors (Lipinski definition) is 2. The van der Waals surface area contributed by atoms with E-state index in [1.54, 1.807) is 0 Å². The van der Waals surface area contributed by atoms with Gasteiger partial charge in [-0.25, -0.2) is 4.79 Å². The Morgan fingerprint density at radius 3 is 1.50 bits per heavy atom. The molecule has 0 spiro atoms. The van der Waals surface area contributed by atoms with Gasteiger partial charge < -0.3 is 0 Å². The summed E-state index contributed by atoms with van der Waals surface area (Å²) in [5.74, 6) is 0. The van der Waals surface area contributed by atoms with E-state index in [2.05, 4.69) is 9.44 Å². The minimum atomic E-state index is -0.224. The lowest BCUT2D eigenvalue weighted by Gasteiger charge is -2.05. The average Bonchev–Trinajstić information content (AvgIpc) is 2.45. The SMILES string of the molecule is O=C(NSc1ccccc1)NSc1ccccc1. The fourth-order valence-corrected chi connectivity index (χ4v) is 2.38. The van der Waals surface area contributed by atoms with Gasteiger partial charge >= 0.3 is 6.03 Å². The van der Waals surface area contributed by atoms with Crippen molar-refractivity contribution in [3.05, 3.63) is 60.7 Å². The number of carbonyl (C=O) groups is 1. The van der Waals surface area contributed by atoms with Gasteiger partial charge in [0.25, 0.3) is 0 Å². The first kappa shape index (κ1) is 12.9. The highest BCUT2D eigenvalue weighted by Crippen LogP contribution is 2.15. The fraction of sp³-hybridized carbons (Fsp3) is 0. The van der Waals surface area contributed by atoms with E-state index in [-0.39, 0.29) is 6.03 Å². The maximum absolute atomic E-state index is 11.5. The summed E-state index contributed by atoms with van der Waals surface area (Å²) in [6.45, 7) is 0. The van der Waals surface area contributed by atoms with E-state index in [9.17, 15) is 4.79 Å². The first-order valence-corrected chi connectivity index (χ1v) is 6.97. The first-order valence-electron chi connectivity index (χ1n) is 5.34. The third-order valence-electron chi connectivity index (χ3n) is 2.01. The van der Waals surface area contributed by atoms with Crippen LogP contribution in [0.3, 0.4) is 0 Å². The van der Waals surface area contributed by atoms with Crippen LogP contribution in [0.2, 0.25) is 0 Å². The summed E-state index contributed by atoms with van der Waals surface area (Å²) >= 11 is 2.58. The second-order valence-electron chi connectivity index (χ2n) is 3.36. The van der Waals surface area contributed by atoms with Gasteiger partial charge in [0.2, 0.25) is 0 Å². The van der Waals surface area contributed by atoms with Crippen molar-refractivity contribution >= 4 is 29.9 Å². The average molecular weight is 276 g/mol. The van der Waals surface area contributed by atoms with E-state index in [1.165, 1.54) is 23.9 Å². The maximum Gasteiger partial charge on any atom is 0.335 e. The predicted molar refractivity (Wildman–Crippen MR) is 76.3 cm³/mol. The Bertz CT molecular complexity index is 445. The van der Waals surface area contributed by atoms with Crippen molar-refractivity contribution in [1.82, 2.24) is 9.44 Å². The van der Waals surface area contributed by atoms with E-state index in [0.717, 1.165) is 9.79 Å². The van der Waals surface area contributed by atoms with Crippen LogP contribution in [0.1, 0.15) is 0 Å². The zero-order chi connectivity index (χ0) is 12.6. The van der Waals surface area contributed by atoms with E-state index < -0.39 is 0 Å². The van der Waals surface area contributed by atoms with Gasteiger partial charge in [0.15, 0.2) is 0 Å². The van der Waals surface area contributed by atoms with Crippen molar-refractivity contribution in [2.75, 3.05) is 0 Å². The summed E-state index contributed by atoms with van der Waals surface area (Å²) in [6.07, 6.45) is 0. The molecule has 5 heteroatoms. The van der Waals surface area contributed by atoms with Crippen LogP contribution >= 0.6 is 23.9 Å². The van der Waals surface area contributed by atoms with Crippen LogP contribution in [0, 0.1) is 0 Å². The molecule has 2 rings (SSSR count). The van der Waals surface area contributed by atoms with Crippen molar-refractivity contribution < 1.29 is 4.79 Å². The third kappa shape index (κ3) is 4.35. The molecule has 2 N–H and O–H groups in total. The largest absolute Gasteiger partial charge is 0.335 e. The molecular weight excluding hydrogens is 264 g/mol. The fourth-order valence-electron chi connectivity index (χ4n) is 1.21. The van der Waals surface area contributed by atoms with Crippen LogP contribution in [-0.4, -0.2) is 6.03 Å². The van der Waals surface area contributed by atoms with Crippen LogP contribution in [0.5, 0.6) is 0 Å². The first-order chi connectivity index (χ1) is 8.84. The molecule has 0 atom stereocenters. The number of hydrogen-bond acceptors (Lipinski definition) is 3. The van der Waals surface area contributed by atoms with Crippen LogP contribution < -0.4 is 9.44 Å². The molecule has 2 amide bonds. The number of urea groups is 1. The lowest BCUT2D eigenvalue weighted by atomic mass is 10.4. The smallest absolute Gasteiger partial charge is 0.277 e. The molecular formula is C13H12N2OS2. The van der Waals surface area contributed by atoms with Gasteiger partial charge in [-0.2, -0.15) is 0 Å². The molecule has 0 aromatic heterocycles. The normalized spacial score (nSPS) is 9.78. The lowest BCUT2D eigenvalue weighted by molar-refractivity contribution is 0.252. The maximum atomic E-state index is 11.5. The summed E-state index contributed by atoms with van der Waals surface area (Å²) in [6, 6.07) is 19.1. The Hall–Kier alpha value is -1.59. The summed E-state index contributed by atoms with van der Waals surface area (Å²) < 4.78 is 5.43. The number of benzene rings is 2. The molecule has 0 unspecified atom stereocenters. The molecule has 0 aliphatic carbocycles. The third-order valence-corrected chi connectivity index (χ3v) is 3.60. The van der Waals surface area contributed by atoms with Gasteiger partial charge in [0, 0.05) is 9.79 Å². The van der Waals surface area contributed by atoms with Crippen LogP contribution in [0.15, 0.2) is 70.5 Å². The van der Waals surface area contributed by atoms with Crippen molar-refractivity contribution in [3.8, 4) is 0 Å². The summed E-state index contributed by atoms with van der Waals surface area (Å²) in [5, 5.41) is 0. The summed E-state index contributed by atoms with van der Waals surface area (Å²) in [5.41, 5.74) is 0. The number of nitrogens with one attached hydrogen (secondary N) is 2. The predicted octanol–water partition coefficient (Wildman–Crippen LogP) is 3.70. The zero-order valence-corrected chi connectivity index (χ0v) is 11.1. The monoisotopic (exact) mass is 276 g/mol. The standard InChI is InChI=1S/C13H12N2OS2/c16-13(14-17-11-7-3-1-4-8-11)15-18-12-9-5-2-6-10-12/h1-10H,(H2,14,15,16). The van der Waals surface area contributed by atoms with Crippen molar-refractivity contribution in [2.45, 2.75) is 9.79 Å². The van der Waals surface area contributed by atoms with Crippen LogP contribution in [0.25, 0.3) is 0 Å². The highest BCUT2D eigenvalue weighted by molar-refractivity contribution is 7.99. The van der Waals surface area contributed by atoms with Gasteiger partial charge in [-0.1, -0.05) is 36.4 Å². The second kappa shape index (κ2) is 6.98. The summed E-state index contributed by atoms with van der Waals surface area (Å²) in [7, 11) is 0. The van der Waals surface area contributed by atoms with Gasteiger partial charge in [-0.15, -0.1) is 0 Å². The van der Waals surface area contributed by atoms with E-state index in [0.29, 0.717) is 0 Å². The Labute approximate surface area is 115 Å². The molecule has 2 aromatic rings. The van der Waals surface area contributed by atoms with Gasteiger partial charge in [-0.05, 0) is 48.2 Å². The molecule has 0 aliphatic rings. The van der Waals surface area contributed by atoms with E-state index in [1.807, 2.05) is 60.7 Å². The second-order valence-corrected chi connectivity index (χ2v) is 5.12. The van der Waals surface area contributed by atoms with Crippen LogP contribution in [0.4, 0.5) is 4.79 Å². The Kier molecular flexibility index (Phi) is 4.99. The molecule has 0 bridgehead atoms. The Balaban J connectivity index is 1.73. The number of rotatable bonds is 4. The number of amides is 2. The van der Waals surface area contributed by atoms with E-state index in [4.69, 9.17) is 0 Å². The van der Waals surface area contributed by atoms with Crippen molar-refractivity contribution in [1.29, 1.82) is 0 Å².